The second kappa shape index (κ2) is 12.9. The first-order chi connectivity index (χ1) is 26.5. The molecule has 6 fully saturated rings. The predicted molar refractivity (Wildman–Crippen MR) is 210 cm³/mol. The Hall–Kier alpha value is -3.20. The smallest absolute Gasteiger partial charge is 0.320 e. The molecule has 3 unspecified atom stereocenters. The average molecular weight is 773 g/mol. The lowest BCUT2D eigenvalue weighted by Crippen LogP contribution is -2.49. The Morgan fingerprint density at radius 2 is 1.71 bits per heavy atom. The zero-order valence-corrected chi connectivity index (χ0v) is 33.4. The molecule has 7 aliphatic rings. The number of likely N-dealkylation sites (tertiary alicyclic amines) is 2. The Morgan fingerprint density at radius 3 is 2.38 bits per heavy atom. The van der Waals surface area contributed by atoms with Crippen LogP contribution in [0.1, 0.15) is 79.9 Å². The highest BCUT2D eigenvalue weighted by Crippen LogP contribution is 2.71. The standard InChI is InChI=1S/C42H56N6O6S/c1-44(2)55(51,52)43-22-28-9-11-32-35(19-28)48-27-42(21-34(42)33-20-30(53-3)10-12-31(33)37(48)36(32)29-7-5-4-6-8-29)38(49)46-23-40-13-14-41(40,24-46)26-47(25-40)39(50)45-15-17-54-18-16-45/h9-12,19-20,29,34,38,43,49H,4-8,13-18,21-27H2,1-3H3/t34-,38?,40?,41?,42-/m0/s1. The number of aliphatic hydroxyl groups is 1. The van der Waals surface area contributed by atoms with Gasteiger partial charge in [0, 0.05) is 99.2 Å². The summed E-state index contributed by atoms with van der Waals surface area (Å²) in [4.78, 5) is 20.1. The monoisotopic (exact) mass is 772 g/mol. The van der Waals surface area contributed by atoms with Gasteiger partial charge in [0.2, 0.25) is 0 Å². The number of ether oxygens (including phenoxy) is 2. The summed E-state index contributed by atoms with van der Waals surface area (Å²) in [5.74, 6) is 1.44. The van der Waals surface area contributed by atoms with Crippen molar-refractivity contribution >= 4 is 27.1 Å². The first-order valence-electron chi connectivity index (χ1n) is 20.5. The molecule has 10 rings (SSSR count). The van der Waals surface area contributed by atoms with Crippen molar-refractivity contribution in [1.29, 1.82) is 0 Å². The van der Waals surface area contributed by atoms with E-state index < -0.39 is 21.9 Å². The third-order valence-corrected chi connectivity index (χ3v) is 16.7. The van der Waals surface area contributed by atoms with Gasteiger partial charge in [-0.05, 0) is 84.9 Å². The Morgan fingerprint density at radius 1 is 0.982 bits per heavy atom. The quantitative estimate of drug-likeness (QED) is 0.334. The van der Waals surface area contributed by atoms with E-state index in [1.165, 1.54) is 65.4 Å². The molecule has 0 radical (unpaired) electrons. The van der Waals surface area contributed by atoms with Gasteiger partial charge < -0.3 is 28.9 Å². The number of carbonyl (C=O) groups is 1. The van der Waals surface area contributed by atoms with Gasteiger partial charge in [0.05, 0.1) is 26.0 Å². The van der Waals surface area contributed by atoms with Gasteiger partial charge in [0.15, 0.2) is 0 Å². The largest absolute Gasteiger partial charge is 0.497 e. The van der Waals surface area contributed by atoms with E-state index in [1.807, 2.05) is 4.90 Å². The minimum atomic E-state index is -3.59. The van der Waals surface area contributed by atoms with Crippen molar-refractivity contribution in [1.82, 2.24) is 28.3 Å². The lowest BCUT2D eigenvalue weighted by atomic mass is 9.53. The fraction of sp³-hybridized carbons (Fsp3) is 0.643. The Bertz CT molecular complexity index is 2120. The molecule has 1 aromatic heterocycles. The van der Waals surface area contributed by atoms with Crippen molar-refractivity contribution in [2.24, 2.45) is 16.2 Å². The number of fused-ring (bicyclic) bond motifs is 7. The van der Waals surface area contributed by atoms with E-state index in [-0.39, 0.29) is 29.3 Å². The number of nitrogens with zero attached hydrogens (tertiary/aromatic N) is 5. The minimum Gasteiger partial charge on any atom is -0.497 e. The SMILES string of the molecule is COc1ccc2c(c1)[C@@H]1C[C@]1(C(O)N1CC34CCC3(CN(C(=O)N3CCOCC3)C4)C1)Cn1c-2c(C2CCCCC2)c2ccc(CNS(=O)(=O)N(C)C)cc21. The summed E-state index contributed by atoms with van der Waals surface area (Å²) in [6.07, 6.45) is 8.44. The lowest BCUT2D eigenvalue weighted by molar-refractivity contribution is -0.0537. The number of nitrogens with one attached hydrogen (secondary N) is 1. The number of morpholine rings is 1. The van der Waals surface area contributed by atoms with Crippen molar-refractivity contribution in [3.63, 3.8) is 0 Å². The third kappa shape index (κ3) is 5.46. The van der Waals surface area contributed by atoms with Crippen LogP contribution in [0.4, 0.5) is 4.79 Å². The summed E-state index contributed by atoms with van der Waals surface area (Å²) in [5, 5.41) is 14.1. The number of hydrogen-bond donors (Lipinski definition) is 2. The first kappa shape index (κ1) is 36.2. The molecule has 3 saturated heterocycles. The number of benzene rings is 2. The van der Waals surface area contributed by atoms with Crippen molar-refractivity contribution in [2.45, 2.75) is 82.5 Å². The molecule has 55 heavy (non-hydrogen) atoms. The minimum absolute atomic E-state index is 0.0249. The van der Waals surface area contributed by atoms with Crippen LogP contribution < -0.4 is 9.46 Å². The summed E-state index contributed by atoms with van der Waals surface area (Å²) in [7, 11) is 1.22. The van der Waals surface area contributed by atoms with Crippen molar-refractivity contribution in [3.05, 3.63) is 53.1 Å². The fourth-order valence-corrected chi connectivity index (χ4v) is 12.6. The summed E-state index contributed by atoms with van der Waals surface area (Å²) >= 11 is 0. The molecule has 4 aliphatic heterocycles. The molecule has 5 heterocycles. The Kier molecular flexibility index (Phi) is 8.49. The molecule has 13 heteroatoms. The highest BCUT2D eigenvalue weighted by atomic mass is 32.2. The first-order valence-corrected chi connectivity index (χ1v) is 22.0. The third-order valence-electron chi connectivity index (χ3n) is 15.2. The second-order valence-electron chi connectivity index (χ2n) is 18.2. The topological polar surface area (TPSA) is 120 Å². The number of aromatic nitrogens is 1. The zero-order valence-electron chi connectivity index (χ0n) is 32.6. The van der Waals surface area contributed by atoms with Gasteiger partial charge in [-0.2, -0.15) is 17.4 Å². The summed E-state index contributed by atoms with van der Waals surface area (Å²) in [6.45, 7) is 6.54. The molecule has 12 nitrogen and oxygen atoms in total. The molecule has 0 spiro atoms. The molecule has 3 aliphatic carbocycles. The summed E-state index contributed by atoms with van der Waals surface area (Å²) in [5.41, 5.74) is 6.83. The number of rotatable bonds is 8. The number of urea groups is 1. The number of hydrogen-bond acceptors (Lipinski definition) is 7. The maximum absolute atomic E-state index is 13.6. The van der Waals surface area contributed by atoms with Gasteiger partial charge in [-0.3, -0.25) is 4.90 Å². The van der Waals surface area contributed by atoms with Crippen LogP contribution in [-0.2, 0) is 28.0 Å². The van der Waals surface area contributed by atoms with Gasteiger partial charge in [-0.25, -0.2) is 4.79 Å². The van der Waals surface area contributed by atoms with Crippen molar-refractivity contribution in [3.8, 4) is 17.0 Å². The molecular formula is C42H56N6O6S. The molecule has 0 bridgehead atoms. The van der Waals surface area contributed by atoms with E-state index in [2.05, 4.69) is 55.5 Å². The Balaban J connectivity index is 1.03. The summed E-state index contributed by atoms with van der Waals surface area (Å²) < 4.78 is 43.3. The fourth-order valence-electron chi connectivity index (χ4n) is 12.0. The molecular weight excluding hydrogens is 717 g/mol. The molecule has 3 aromatic rings. The van der Waals surface area contributed by atoms with Crippen LogP contribution in [-0.4, -0.2) is 123 Å². The molecule has 3 saturated carbocycles. The van der Waals surface area contributed by atoms with E-state index in [1.54, 1.807) is 7.11 Å². The van der Waals surface area contributed by atoms with Gasteiger partial charge in [-0.15, -0.1) is 0 Å². The number of amides is 2. The normalized spacial score (nSPS) is 31.0. The van der Waals surface area contributed by atoms with E-state index in [4.69, 9.17) is 9.47 Å². The maximum Gasteiger partial charge on any atom is 0.320 e. The van der Waals surface area contributed by atoms with E-state index >= 15 is 0 Å². The van der Waals surface area contributed by atoms with Crippen LogP contribution in [0.5, 0.6) is 5.75 Å². The van der Waals surface area contributed by atoms with Gasteiger partial charge in [0.1, 0.15) is 12.0 Å². The van der Waals surface area contributed by atoms with Crippen LogP contribution in [0.25, 0.3) is 22.2 Å². The summed E-state index contributed by atoms with van der Waals surface area (Å²) in [6, 6.07) is 13.2. The van der Waals surface area contributed by atoms with Crippen molar-refractivity contribution < 1.29 is 27.8 Å². The number of aliphatic hydroxyl groups excluding tert-OH is 1. The second-order valence-corrected chi connectivity index (χ2v) is 20.1. The predicted octanol–water partition coefficient (Wildman–Crippen LogP) is 4.92. The van der Waals surface area contributed by atoms with E-state index in [0.717, 1.165) is 75.1 Å². The van der Waals surface area contributed by atoms with Crippen LogP contribution in [0.3, 0.4) is 0 Å². The number of methoxy groups -OCH3 is 1. The van der Waals surface area contributed by atoms with Crippen LogP contribution in [0.2, 0.25) is 0 Å². The van der Waals surface area contributed by atoms with Gasteiger partial charge in [-0.1, -0.05) is 31.4 Å². The maximum atomic E-state index is 13.6. The Labute approximate surface area is 324 Å². The molecule has 296 valence electrons. The van der Waals surface area contributed by atoms with Crippen LogP contribution in [0, 0.1) is 16.2 Å². The molecule has 2 N–H and O–H groups in total. The lowest BCUT2D eigenvalue weighted by Gasteiger charge is -2.48. The van der Waals surface area contributed by atoms with Gasteiger partial charge >= 0.3 is 6.03 Å². The van der Waals surface area contributed by atoms with E-state index in [9.17, 15) is 18.3 Å². The molecule has 5 atom stereocenters. The highest BCUT2D eigenvalue weighted by molar-refractivity contribution is 7.87. The average Bonchev–Trinajstić information content (AvgIpc) is 3.74. The zero-order chi connectivity index (χ0) is 37.9. The molecule has 2 amide bonds. The highest BCUT2D eigenvalue weighted by Gasteiger charge is 2.72. The van der Waals surface area contributed by atoms with Crippen LogP contribution >= 0.6 is 0 Å². The molecule has 2 aromatic carbocycles. The van der Waals surface area contributed by atoms with Gasteiger partial charge in [0.25, 0.3) is 10.2 Å². The number of carbonyl (C=O) groups excluding carboxylic acids is 1. The van der Waals surface area contributed by atoms with Crippen molar-refractivity contribution in [2.75, 3.05) is 73.7 Å². The van der Waals surface area contributed by atoms with Crippen LogP contribution in [0.15, 0.2) is 36.4 Å². The van der Waals surface area contributed by atoms with E-state index in [0.29, 0.717) is 38.8 Å².